The maximum Gasteiger partial charge on any atom is 3.00 e. The van der Waals surface area contributed by atoms with Gasteiger partial charge >= 0.3 is 20.1 Å². The standard InChI is InChI=1S/2C12H10N.C8H14NO.Ir/c2*1-10-5-7-11(8-6-10)12-4-2-3-9-13-12;1-7(10)9-6-5-8(2,3)4;/h2*2-7,9H,1H3;5H2,1-4H3;/q3*-1;+3. The fourth-order valence-electron chi connectivity index (χ4n) is 2.76. The van der Waals surface area contributed by atoms with Crippen molar-refractivity contribution in [3.8, 4) is 22.5 Å². The minimum absolute atomic E-state index is 0. The third-order valence-electron chi connectivity index (χ3n) is 4.66. The van der Waals surface area contributed by atoms with Crippen LogP contribution in [-0.2, 0) is 24.9 Å². The number of aliphatic imine (C=N–C) groups is 1. The van der Waals surface area contributed by atoms with Crippen LogP contribution in [0.4, 0.5) is 0 Å². The molecule has 0 unspecified atom stereocenters. The van der Waals surface area contributed by atoms with E-state index in [2.05, 4.69) is 80.1 Å². The number of benzene rings is 2. The van der Waals surface area contributed by atoms with Gasteiger partial charge in [-0.1, -0.05) is 72.2 Å². The average Bonchev–Trinajstić information content (AvgIpc) is 2.86. The second-order valence-electron chi connectivity index (χ2n) is 9.52. The van der Waals surface area contributed by atoms with Crippen LogP contribution < -0.4 is 0 Å². The Morgan fingerprint density at radius 2 is 1.27 bits per heavy atom. The van der Waals surface area contributed by atoms with Gasteiger partial charge in [-0.3, -0.25) is 0 Å². The molecule has 2 aromatic heterocycles. The molecular weight excluding hydrogens is 635 g/mol. The SMILES string of the molecule is CC(=O)N=[C-]CC(C)(C)C.Cc1c[c-]c(-c2ccccn2)cc1.Cc1c[c-]c(-c2ccccn2)cc1.[Ir+3]. The van der Waals surface area contributed by atoms with Crippen molar-refractivity contribution >= 4 is 12.1 Å². The van der Waals surface area contributed by atoms with Gasteiger partial charge in [0.2, 0.25) is 0 Å². The van der Waals surface area contributed by atoms with Crippen molar-refractivity contribution in [1.82, 2.24) is 9.97 Å². The van der Waals surface area contributed by atoms with Crippen LogP contribution in [0.3, 0.4) is 0 Å². The number of hydrogen-bond acceptors (Lipinski definition) is 3. The van der Waals surface area contributed by atoms with E-state index in [-0.39, 0.29) is 31.4 Å². The molecular formula is C32H34IrN3O. The van der Waals surface area contributed by atoms with Gasteiger partial charge in [-0.2, -0.15) is 6.21 Å². The third-order valence-corrected chi connectivity index (χ3v) is 4.66. The minimum Gasteiger partial charge on any atom is -0.426 e. The zero-order chi connectivity index (χ0) is 26.4. The molecule has 192 valence electrons. The van der Waals surface area contributed by atoms with Crippen LogP contribution in [0.15, 0.2) is 90.2 Å². The molecule has 0 radical (unpaired) electrons. The molecule has 2 heterocycles. The zero-order valence-corrected chi connectivity index (χ0v) is 24.8. The molecule has 0 fully saturated rings. The van der Waals surface area contributed by atoms with Crippen LogP contribution >= 0.6 is 0 Å². The number of nitrogens with zero attached hydrogens (tertiary/aromatic N) is 3. The van der Waals surface area contributed by atoms with Crippen molar-refractivity contribution in [2.24, 2.45) is 10.4 Å². The van der Waals surface area contributed by atoms with E-state index in [0.29, 0.717) is 0 Å². The van der Waals surface area contributed by atoms with Crippen LogP contribution in [-0.4, -0.2) is 22.1 Å². The summed E-state index contributed by atoms with van der Waals surface area (Å²) in [5, 5.41) is 0. The summed E-state index contributed by atoms with van der Waals surface area (Å²) >= 11 is 0. The fourth-order valence-corrected chi connectivity index (χ4v) is 2.76. The first-order chi connectivity index (χ1) is 17.1. The predicted octanol–water partition coefficient (Wildman–Crippen LogP) is 7.63. The van der Waals surface area contributed by atoms with Gasteiger partial charge in [0.25, 0.3) is 0 Å². The molecule has 1 amide bonds. The Kier molecular flexibility index (Phi) is 14.1. The Morgan fingerprint density at radius 1 is 0.811 bits per heavy atom. The molecule has 0 atom stereocenters. The second-order valence-corrected chi connectivity index (χ2v) is 9.52. The summed E-state index contributed by atoms with van der Waals surface area (Å²) in [5.74, 6) is -0.177. The molecule has 0 aliphatic heterocycles. The minimum atomic E-state index is -0.177. The van der Waals surface area contributed by atoms with Gasteiger partial charge in [0, 0.05) is 12.4 Å². The molecule has 2 aromatic carbocycles. The van der Waals surface area contributed by atoms with Crippen molar-refractivity contribution in [3.05, 3.63) is 108 Å². The average molecular weight is 669 g/mol. The maximum absolute atomic E-state index is 10.3. The smallest absolute Gasteiger partial charge is 0.426 e. The normalized spacial score (nSPS) is 10.3. The molecule has 0 aliphatic carbocycles. The molecule has 37 heavy (non-hydrogen) atoms. The van der Waals surface area contributed by atoms with Gasteiger partial charge < -0.3 is 19.8 Å². The van der Waals surface area contributed by atoms with Crippen molar-refractivity contribution in [3.63, 3.8) is 0 Å². The number of rotatable bonds is 3. The van der Waals surface area contributed by atoms with E-state index in [1.54, 1.807) is 12.4 Å². The van der Waals surface area contributed by atoms with Crippen molar-refractivity contribution in [1.29, 1.82) is 0 Å². The second kappa shape index (κ2) is 16.5. The van der Waals surface area contributed by atoms with Crippen LogP contribution in [0.25, 0.3) is 22.5 Å². The van der Waals surface area contributed by atoms with Gasteiger partial charge in [0.1, 0.15) is 0 Å². The molecule has 0 aliphatic rings. The fraction of sp³-hybridized carbons (Fsp3) is 0.250. The van der Waals surface area contributed by atoms with E-state index in [9.17, 15) is 4.79 Å². The Morgan fingerprint density at radius 3 is 1.57 bits per heavy atom. The van der Waals surface area contributed by atoms with Crippen LogP contribution in [0.5, 0.6) is 0 Å². The molecule has 0 spiro atoms. The van der Waals surface area contributed by atoms with Crippen LogP contribution in [0, 0.1) is 31.4 Å². The zero-order valence-electron chi connectivity index (χ0n) is 22.4. The van der Waals surface area contributed by atoms with Gasteiger partial charge in [0.05, 0.1) is 5.91 Å². The Bertz CT molecular complexity index is 1120. The van der Waals surface area contributed by atoms with Crippen LogP contribution in [0.1, 0.15) is 45.2 Å². The summed E-state index contributed by atoms with van der Waals surface area (Å²) < 4.78 is 0. The predicted molar refractivity (Wildman–Crippen MR) is 149 cm³/mol. The summed E-state index contributed by atoms with van der Waals surface area (Å²) in [6.07, 6.45) is 7.02. The van der Waals surface area contributed by atoms with E-state index in [0.717, 1.165) is 28.9 Å². The van der Waals surface area contributed by atoms with Gasteiger partial charge in [-0.25, -0.2) is 0 Å². The number of amides is 1. The maximum atomic E-state index is 10.3. The van der Waals surface area contributed by atoms with Crippen molar-refractivity contribution in [2.75, 3.05) is 0 Å². The molecule has 4 aromatic rings. The summed E-state index contributed by atoms with van der Waals surface area (Å²) in [5.41, 5.74) is 6.67. The summed E-state index contributed by atoms with van der Waals surface area (Å²) in [6.45, 7) is 11.8. The Balaban J connectivity index is 0.000000277. The third kappa shape index (κ3) is 13.6. The summed E-state index contributed by atoms with van der Waals surface area (Å²) in [7, 11) is 0. The van der Waals surface area contributed by atoms with E-state index < -0.39 is 0 Å². The first-order valence-electron chi connectivity index (χ1n) is 11.9. The molecule has 0 saturated heterocycles. The van der Waals surface area contributed by atoms with E-state index in [1.807, 2.05) is 60.7 Å². The summed E-state index contributed by atoms with van der Waals surface area (Å²) in [6, 6.07) is 30.3. The van der Waals surface area contributed by atoms with Gasteiger partial charge in [-0.15, -0.1) is 70.8 Å². The molecule has 0 bridgehead atoms. The molecule has 0 saturated carbocycles. The molecule has 5 heteroatoms. The molecule has 4 nitrogen and oxygen atoms in total. The quantitative estimate of drug-likeness (QED) is 0.167. The van der Waals surface area contributed by atoms with Crippen LogP contribution in [0.2, 0.25) is 0 Å². The van der Waals surface area contributed by atoms with E-state index in [4.69, 9.17) is 0 Å². The van der Waals surface area contributed by atoms with E-state index >= 15 is 0 Å². The van der Waals surface area contributed by atoms with Crippen molar-refractivity contribution in [2.45, 2.75) is 48.0 Å². The molecule has 0 N–H and O–H groups in total. The molecule has 4 rings (SSSR count). The first kappa shape index (κ1) is 31.8. The number of aromatic nitrogens is 2. The largest absolute Gasteiger partial charge is 3.00 e. The van der Waals surface area contributed by atoms with E-state index in [1.165, 1.54) is 18.1 Å². The van der Waals surface area contributed by atoms with Gasteiger partial charge in [-0.05, 0) is 28.9 Å². The van der Waals surface area contributed by atoms with Gasteiger partial charge in [0.15, 0.2) is 0 Å². The Hall–Kier alpha value is -3.27. The number of aryl methyl sites for hydroxylation is 2. The topological polar surface area (TPSA) is 55.2 Å². The van der Waals surface area contributed by atoms with Crippen molar-refractivity contribution < 1.29 is 24.9 Å². The summed E-state index contributed by atoms with van der Waals surface area (Å²) in [4.78, 5) is 22.3. The number of pyridine rings is 2. The monoisotopic (exact) mass is 669 g/mol. The number of carbonyl (C=O) groups excluding carboxylic acids is 1. The Labute approximate surface area is 235 Å². The number of carbonyl (C=O) groups is 1. The first-order valence-corrected chi connectivity index (χ1v) is 11.9. The number of hydrogen-bond donors (Lipinski definition) is 0.